The maximum absolute atomic E-state index is 11.7. The first-order valence-electron chi connectivity index (χ1n) is 4.98. The normalized spacial score (nSPS) is 10.2. The van der Waals surface area contributed by atoms with Crippen molar-refractivity contribution in [1.82, 2.24) is 15.6 Å². The molecule has 0 aliphatic carbocycles. The van der Waals surface area contributed by atoms with Crippen molar-refractivity contribution >= 4 is 17.5 Å². The van der Waals surface area contributed by atoms with Gasteiger partial charge in [-0.05, 0) is 29.8 Å². The summed E-state index contributed by atoms with van der Waals surface area (Å²) < 4.78 is 4.46. The van der Waals surface area contributed by atoms with Gasteiger partial charge >= 0.3 is 0 Å². The summed E-state index contributed by atoms with van der Waals surface area (Å²) in [4.78, 5) is 11.7. The number of nitrogens with zero attached hydrogens (tertiary/aromatic N) is 2. The number of aryl methyl sites for hydroxylation is 1. The Morgan fingerprint density at radius 3 is 2.65 bits per heavy atom. The van der Waals surface area contributed by atoms with Crippen LogP contribution in [0.4, 0.5) is 0 Å². The number of benzene rings is 1. The second-order valence-electron chi connectivity index (χ2n) is 3.51. The number of hydrogen-bond donors (Lipinski definition) is 1. The van der Waals surface area contributed by atoms with Crippen molar-refractivity contribution in [3.8, 4) is 0 Å². The van der Waals surface area contributed by atoms with Crippen molar-refractivity contribution in [2.45, 2.75) is 13.5 Å². The van der Waals surface area contributed by atoms with E-state index in [0.717, 1.165) is 5.56 Å². The van der Waals surface area contributed by atoms with E-state index >= 15 is 0 Å². The Bertz CT molecular complexity index is 522. The highest BCUT2D eigenvalue weighted by atomic mass is 35.5. The van der Waals surface area contributed by atoms with Gasteiger partial charge < -0.3 is 5.32 Å². The molecule has 5 nitrogen and oxygen atoms in total. The molecule has 88 valence electrons. The monoisotopic (exact) mass is 251 g/mol. The van der Waals surface area contributed by atoms with Crippen LogP contribution >= 0.6 is 11.6 Å². The molecular formula is C11H10ClN3O2. The van der Waals surface area contributed by atoms with E-state index < -0.39 is 0 Å². The van der Waals surface area contributed by atoms with Crippen molar-refractivity contribution in [1.29, 1.82) is 0 Å². The number of rotatable bonds is 3. The summed E-state index contributed by atoms with van der Waals surface area (Å²) in [5, 5.41) is 10.4. The molecule has 0 spiro atoms. The molecule has 0 saturated heterocycles. The predicted octanol–water partition coefficient (Wildman–Crippen LogP) is 1.96. The van der Waals surface area contributed by atoms with Crippen molar-refractivity contribution in [3.05, 3.63) is 46.2 Å². The third-order valence-corrected chi connectivity index (χ3v) is 2.49. The lowest BCUT2D eigenvalue weighted by molar-refractivity contribution is 0.0940. The summed E-state index contributed by atoms with van der Waals surface area (Å²) in [6.07, 6.45) is 0. The molecule has 1 aromatic carbocycles. The Morgan fingerprint density at radius 1 is 1.35 bits per heavy atom. The Kier molecular flexibility index (Phi) is 3.39. The summed E-state index contributed by atoms with van der Waals surface area (Å²) >= 11 is 5.76. The van der Waals surface area contributed by atoms with E-state index in [1.807, 2.05) is 12.1 Å². The molecule has 1 N–H and O–H groups in total. The van der Waals surface area contributed by atoms with Crippen LogP contribution in [0.2, 0.25) is 5.02 Å². The molecule has 0 radical (unpaired) electrons. The molecule has 1 amide bonds. The van der Waals surface area contributed by atoms with E-state index in [9.17, 15) is 4.79 Å². The summed E-state index contributed by atoms with van der Waals surface area (Å²) in [7, 11) is 0. The molecule has 0 aliphatic rings. The first kappa shape index (κ1) is 11.6. The zero-order valence-electron chi connectivity index (χ0n) is 9.11. The fraction of sp³-hybridized carbons (Fsp3) is 0.182. The van der Waals surface area contributed by atoms with Gasteiger partial charge in [0.15, 0.2) is 5.69 Å². The van der Waals surface area contributed by atoms with Crippen LogP contribution in [-0.2, 0) is 6.54 Å². The smallest absolute Gasteiger partial charge is 0.275 e. The van der Waals surface area contributed by atoms with Crippen LogP contribution in [-0.4, -0.2) is 16.2 Å². The van der Waals surface area contributed by atoms with Crippen LogP contribution in [0.25, 0.3) is 0 Å². The van der Waals surface area contributed by atoms with Crippen LogP contribution in [0, 0.1) is 6.92 Å². The highest BCUT2D eigenvalue weighted by molar-refractivity contribution is 6.30. The number of halogens is 1. The zero-order valence-corrected chi connectivity index (χ0v) is 9.86. The van der Waals surface area contributed by atoms with Crippen molar-refractivity contribution in [2.75, 3.05) is 0 Å². The topological polar surface area (TPSA) is 68.0 Å². The molecule has 17 heavy (non-hydrogen) atoms. The lowest BCUT2D eigenvalue weighted by atomic mass is 10.2. The van der Waals surface area contributed by atoms with E-state index in [2.05, 4.69) is 20.3 Å². The van der Waals surface area contributed by atoms with Gasteiger partial charge in [0.1, 0.15) is 5.69 Å². The van der Waals surface area contributed by atoms with Gasteiger partial charge in [0.25, 0.3) is 5.91 Å². The van der Waals surface area contributed by atoms with Gasteiger partial charge in [-0.15, -0.1) is 0 Å². The number of carbonyl (C=O) groups is 1. The maximum Gasteiger partial charge on any atom is 0.275 e. The van der Waals surface area contributed by atoms with Crippen LogP contribution < -0.4 is 5.32 Å². The number of hydrogen-bond acceptors (Lipinski definition) is 4. The van der Waals surface area contributed by atoms with Crippen LogP contribution in [0.3, 0.4) is 0 Å². The van der Waals surface area contributed by atoms with Gasteiger partial charge in [0.05, 0.1) is 0 Å². The summed E-state index contributed by atoms with van der Waals surface area (Å²) in [6, 6.07) is 7.23. The molecule has 0 saturated carbocycles. The fourth-order valence-corrected chi connectivity index (χ4v) is 1.43. The van der Waals surface area contributed by atoms with Crippen LogP contribution in [0.15, 0.2) is 28.9 Å². The number of nitrogens with one attached hydrogen (secondary N) is 1. The fourth-order valence-electron chi connectivity index (χ4n) is 1.31. The standard InChI is InChI=1S/C11H10ClN3O2/c1-7-10(15-17-14-7)11(16)13-6-8-2-4-9(12)5-3-8/h2-5H,6H2,1H3,(H,13,16). The third kappa shape index (κ3) is 2.82. The maximum atomic E-state index is 11.7. The molecule has 2 rings (SSSR count). The van der Waals surface area contributed by atoms with Crippen LogP contribution in [0.5, 0.6) is 0 Å². The van der Waals surface area contributed by atoms with Crippen LogP contribution in [0.1, 0.15) is 21.7 Å². The molecule has 0 fully saturated rings. The predicted molar refractivity (Wildman–Crippen MR) is 61.7 cm³/mol. The molecule has 6 heteroatoms. The van der Waals surface area contributed by atoms with E-state index in [4.69, 9.17) is 11.6 Å². The molecule has 1 aromatic heterocycles. The lowest BCUT2D eigenvalue weighted by Crippen LogP contribution is -2.23. The highest BCUT2D eigenvalue weighted by Gasteiger charge is 2.14. The van der Waals surface area contributed by atoms with Crippen molar-refractivity contribution < 1.29 is 9.42 Å². The molecule has 0 aliphatic heterocycles. The molecule has 1 heterocycles. The van der Waals surface area contributed by atoms with E-state index in [1.165, 1.54) is 0 Å². The number of carbonyl (C=O) groups excluding carboxylic acids is 1. The van der Waals surface area contributed by atoms with Gasteiger partial charge in [-0.1, -0.05) is 28.9 Å². The minimum atomic E-state index is -0.307. The molecular weight excluding hydrogens is 242 g/mol. The third-order valence-electron chi connectivity index (χ3n) is 2.23. The minimum Gasteiger partial charge on any atom is -0.346 e. The summed E-state index contributed by atoms with van der Waals surface area (Å²) in [5.74, 6) is -0.307. The minimum absolute atomic E-state index is 0.207. The van der Waals surface area contributed by atoms with Gasteiger partial charge in [-0.25, -0.2) is 4.63 Å². The SMILES string of the molecule is Cc1nonc1C(=O)NCc1ccc(Cl)cc1. The Morgan fingerprint density at radius 2 is 2.06 bits per heavy atom. The van der Waals surface area contributed by atoms with Gasteiger partial charge in [0, 0.05) is 11.6 Å². The zero-order chi connectivity index (χ0) is 12.3. The van der Waals surface area contributed by atoms with E-state index in [0.29, 0.717) is 17.3 Å². The Labute approximate surface area is 103 Å². The number of amides is 1. The second kappa shape index (κ2) is 4.97. The quantitative estimate of drug-likeness (QED) is 0.906. The second-order valence-corrected chi connectivity index (χ2v) is 3.94. The molecule has 2 aromatic rings. The number of aromatic nitrogens is 2. The Balaban J connectivity index is 1.97. The van der Waals surface area contributed by atoms with E-state index in [1.54, 1.807) is 19.1 Å². The average Bonchev–Trinajstić information content (AvgIpc) is 2.74. The summed E-state index contributed by atoms with van der Waals surface area (Å²) in [5.41, 5.74) is 1.63. The van der Waals surface area contributed by atoms with Gasteiger partial charge in [-0.3, -0.25) is 4.79 Å². The highest BCUT2D eigenvalue weighted by Crippen LogP contribution is 2.09. The molecule has 0 bridgehead atoms. The largest absolute Gasteiger partial charge is 0.346 e. The first-order valence-corrected chi connectivity index (χ1v) is 5.36. The van der Waals surface area contributed by atoms with Crippen molar-refractivity contribution in [2.24, 2.45) is 0 Å². The first-order chi connectivity index (χ1) is 8.16. The molecule has 0 atom stereocenters. The molecule has 0 unspecified atom stereocenters. The summed E-state index contributed by atoms with van der Waals surface area (Å²) in [6.45, 7) is 2.07. The average molecular weight is 252 g/mol. The van der Waals surface area contributed by atoms with E-state index in [-0.39, 0.29) is 11.6 Å². The van der Waals surface area contributed by atoms with Gasteiger partial charge in [-0.2, -0.15) is 0 Å². The Hall–Kier alpha value is -1.88. The van der Waals surface area contributed by atoms with Gasteiger partial charge in [0.2, 0.25) is 0 Å². The van der Waals surface area contributed by atoms with Crippen molar-refractivity contribution in [3.63, 3.8) is 0 Å². The lowest BCUT2D eigenvalue weighted by Gasteiger charge is -2.03.